The zero-order valence-electron chi connectivity index (χ0n) is 13.0. The number of anilines is 2. The molecule has 5 nitrogen and oxygen atoms in total. The number of carbonyl (C=O) groups is 1. The van der Waals surface area contributed by atoms with Crippen LogP contribution in [-0.2, 0) is 4.79 Å². The van der Waals surface area contributed by atoms with E-state index in [9.17, 15) is 4.79 Å². The topological polar surface area (TPSA) is 82.2 Å². The van der Waals surface area contributed by atoms with Gasteiger partial charge in [0.05, 0.1) is 12.0 Å². The zero-order valence-corrected chi connectivity index (χ0v) is 13.0. The summed E-state index contributed by atoms with van der Waals surface area (Å²) >= 11 is 0. The highest BCUT2D eigenvalue weighted by atomic mass is 16.1. The van der Waals surface area contributed by atoms with Crippen LogP contribution >= 0.6 is 0 Å². The smallest absolute Gasteiger partial charge is 0.224 e. The van der Waals surface area contributed by atoms with Gasteiger partial charge in [-0.25, -0.2) is 0 Å². The van der Waals surface area contributed by atoms with Crippen LogP contribution < -0.4 is 11.1 Å². The van der Waals surface area contributed by atoms with E-state index in [1.165, 1.54) is 0 Å². The Balaban J connectivity index is 2.35. The number of carbonyl (C=O) groups excluding carboxylic acids is 1. The lowest BCUT2D eigenvalue weighted by molar-refractivity contribution is -0.116. The molecule has 0 spiro atoms. The van der Waals surface area contributed by atoms with Crippen LogP contribution in [0.1, 0.15) is 25.3 Å². The van der Waals surface area contributed by atoms with Crippen LogP contribution in [0.15, 0.2) is 18.2 Å². The Kier molecular flexibility index (Phi) is 6.70. The molecule has 21 heavy (non-hydrogen) atoms. The van der Waals surface area contributed by atoms with Crippen LogP contribution in [0.2, 0.25) is 0 Å². The lowest BCUT2D eigenvalue weighted by Crippen LogP contribution is -2.25. The number of nitrogens with one attached hydrogen (secondary N) is 1. The third-order valence-corrected chi connectivity index (χ3v) is 3.40. The number of amides is 1. The molecule has 5 heteroatoms. The number of benzene rings is 1. The molecule has 114 valence electrons. The molecular weight excluding hydrogens is 264 g/mol. The number of nitrogen functional groups attached to an aromatic ring is 1. The van der Waals surface area contributed by atoms with Gasteiger partial charge < -0.3 is 16.0 Å². The zero-order chi connectivity index (χ0) is 15.8. The Morgan fingerprint density at radius 2 is 2.24 bits per heavy atom. The SMILES string of the molecule is Cc1c(N)cccc1NC(=O)CCCN(C)CC(C)C#N. The molecule has 0 aliphatic carbocycles. The van der Waals surface area contributed by atoms with Gasteiger partial charge in [-0.05, 0) is 51.6 Å². The summed E-state index contributed by atoms with van der Waals surface area (Å²) in [5.74, 6) is 0.00389. The van der Waals surface area contributed by atoms with Crippen LogP contribution in [0.3, 0.4) is 0 Å². The van der Waals surface area contributed by atoms with Gasteiger partial charge in [0.15, 0.2) is 0 Å². The number of rotatable bonds is 7. The van der Waals surface area contributed by atoms with Crippen molar-refractivity contribution >= 4 is 17.3 Å². The van der Waals surface area contributed by atoms with Crippen molar-refractivity contribution in [1.29, 1.82) is 5.26 Å². The van der Waals surface area contributed by atoms with Crippen molar-refractivity contribution < 1.29 is 4.79 Å². The van der Waals surface area contributed by atoms with Crippen molar-refractivity contribution in [3.8, 4) is 6.07 Å². The van der Waals surface area contributed by atoms with E-state index in [0.29, 0.717) is 12.1 Å². The Morgan fingerprint density at radius 3 is 2.90 bits per heavy atom. The first kappa shape index (κ1) is 17.0. The van der Waals surface area contributed by atoms with Gasteiger partial charge in [-0.1, -0.05) is 6.07 Å². The molecule has 0 fully saturated rings. The highest BCUT2D eigenvalue weighted by molar-refractivity contribution is 5.92. The monoisotopic (exact) mass is 288 g/mol. The van der Waals surface area contributed by atoms with Crippen molar-refractivity contribution in [2.24, 2.45) is 5.92 Å². The molecule has 1 rings (SSSR count). The maximum Gasteiger partial charge on any atom is 0.224 e. The van der Waals surface area contributed by atoms with Crippen LogP contribution in [0.5, 0.6) is 0 Å². The number of nitriles is 1. The Bertz CT molecular complexity index is 521. The van der Waals surface area contributed by atoms with Gasteiger partial charge in [0, 0.05) is 24.3 Å². The van der Waals surface area contributed by atoms with Gasteiger partial charge >= 0.3 is 0 Å². The molecule has 0 aromatic heterocycles. The van der Waals surface area contributed by atoms with Crippen LogP contribution in [-0.4, -0.2) is 30.9 Å². The standard InChI is InChI=1S/C16H24N4O/c1-12(10-17)11-20(3)9-5-8-16(21)19-15-7-4-6-14(18)13(15)2/h4,6-7,12H,5,8-9,11,18H2,1-3H3,(H,19,21). The van der Waals surface area contributed by atoms with Gasteiger partial charge in [0.25, 0.3) is 0 Å². The molecule has 0 aliphatic rings. The van der Waals surface area contributed by atoms with Crippen molar-refractivity contribution in [1.82, 2.24) is 4.90 Å². The largest absolute Gasteiger partial charge is 0.398 e. The van der Waals surface area contributed by atoms with Crippen LogP contribution in [0.4, 0.5) is 11.4 Å². The normalized spacial score (nSPS) is 12.0. The summed E-state index contributed by atoms with van der Waals surface area (Å²) in [6, 6.07) is 7.70. The number of nitrogens with two attached hydrogens (primary N) is 1. The first-order valence-electron chi connectivity index (χ1n) is 7.17. The summed E-state index contributed by atoms with van der Waals surface area (Å²) in [5.41, 5.74) is 8.15. The summed E-state index contributed by atoms with van der Waals surface area (Å²) in [6.07, 6.45) is 1.22. The second-order valence-corrected chi connectivity index (χ2v) is 5.46. The van der Waals surface area contributed by atoms with Gasteiger partial charge in [-0.3, -0.25) is 4.79 Å². The van der Waals surface area contributed by atoms with Crippen molar-refractivity contribution in [2.45, 2.75) is 26.7 Å². The predicted molar refractivity (Wildman–Crippen MR) is 85.7 cm³/mol. The maximum atomic E-state index is 11.9. The molecule has 0 saturated heterocycles. The Morgan fingerprint density at radius 1 is 1.52 bits per heavy atom. The number of nitrogens with zero attached hydrogens (tertiary/aromatic N) is 2. The van der Waals surface area contributed by atoms with E-state index in [4.69, 9.17) is 11.0 Å². The van der Waals surface area contributed by atoms with Gasteiger partial charge in [-0.15, -0.1) is 0 Å². The third kappa shape index (κ3) is 5.84. The third-order valence-electron chi connectivity index (χ3n) is 3.40. The molecule has 3 N–H and O–H groups in total. The molecule has 1 amide bonds. The molecule has 0 bridgehead atoms. The van der Waals surface area contributed by atoms with Crippen LogP contribution in [0.25, 0.3) is 0 Å². The lowest BCUT2D eigenvalue weighted by Gasteiger charge is -2.17. The molecule has 0 radical (unpaired) electrons. The Labute approximate surface area is 126 Å². The van der Waals surface area contributed by atoms with Gasteiger partial charge in [0.1, 0.15) is 0 Å². The summed E-state index contributed by atoms with van der Waals surface area (Å²) in [6.45, 7) is 5.32. The van der Waals surface area contributed by atoms with E-state index in [1.54, 1.807) is 0 Å². The van der Waals surface area contributed by atoms with Crippen LogP contribution in [0, 0.1) is 24.2 Å². The molecule has 0 heterocycles. The minimum atomic E-state index is -0.00886. The van der Waals surface area contributed by atoms with Crippen molar-refractivity contribution in [3.63, 3.8) is 0 Å². The van der Waals surface area contributed by atoms with E-state index >= 15 is 0 Å². The fourth-order valence-electron chi connectivity index (χ4n) is 2.11. The quantitative estimate of drug-likeness (QED) is 0.755. The molecule has 1 aromatic rings. The summed E-state index contributed by atoms with van der Waals surface area (Å²) < 4.78 is 0. The Hall–Kier alpha value is -2.06. The fourth-order valence-corrected chi connectivity index (χ4v) is 2.11. The van der Waals surface area contributed by atoms with Crippen molar-refractivity contribution in [2.75, 3.05) is 31.2 Å². The number of hydrogen-bond acceptors (Lipinski definition) is 4. The molecular formula is C16H24N4O. The highest BCUT2D eigenvalue weighted by Crippen LogP contribution is 2.20. The molecule has 0 saturated carbocycles. The first-order valence-corrected chi connectivity index (χ1v) is 7.17. The summed E-state index contributed by atoms with van der Waals surface area (Å²) in [4.78, 5) is 14.0. The summed E-state index contributed by atoms with van der Waals surface area (Å²) in [5, 5.41) is 11.6. The second kappa shape index (κ2) is 8.28. The van der Waals surface area contributed by atoms with E-state index in [2.05, 4.69) is 16.3 Å². The van der Waals surface area contributed by atoms with E-state index < -0.39 is 0 Å². The maximum absolute atomic E-state index is 11.9. The average Bonchev–Trinajstić information content (AvgIpc) is 2.43. The summed E-state index contributed by atoms with van der Waals surface area (Å²) in [7, 11) is 1.97. The minimum absolute atomic E-state index is 0.00886. The second-order valence-electron chi connectivity index (χ2n) is 5.46. The number of hydrogen-bond donors (Lipinski definition) is 2. The van der Waals surface area contributed by atoms with E-state index in [1.807, 2.05) is 39.1 Å². The predicted octanol–water partition coefficient (Wildman–Crippen LogP) is 2.39. The van der Waals surface area contributed by atoms with E-state index in [-0.39, 0.29) is 11.8 Å². The highest BCUT2D eigenvalue weighted by Gasteiger charge is 2.08. The minimum Gasteiger partial charge on any atom is -0.398 e. The molecule has 0 aliphatic heterocycles. The fraction of sp³-hybridized carbons (Fsp3) is 0.500. The average molecular weight is 288 g/mol. The molecule has 1 unspecified atom stereocenters. The van der Waals surface area contributed by atoms with E-state index in [0.717, 1.165) is 30.8 Å². The molecule has 1 atom stereocenters. The first-order chi connectivity index (χ1) is 9.93. The van der Waals surface area contributed by atoms with Gasteiger partial charge in [-0.2, -0.15) is 5.26 Å². The van der Waals surface area contributed by atoms with Gasteiger partial charge in [0.2, 0.25) is 5.91 Å². The lowest BCUT2D eigenvalue weighted by atomic mass is 10.1. The molecule has 1 aromatic carbocycles. The van der Waals surface area contributed by atoms with Crippen molar-refractivity contribution in [3.05, 3.63) is 23.8 Å².